The highest BCUT2D eigenvalue weighted by atomic mass is 28.4. The summed E-state index contributed by atoms with van der Waals surface area (Å²) in [6, 6.07) is 0.505. The van der Waals surface area contributed by atoms with E-state index in [4.69, 9.17) is 13.3 Å². The van der Waals surface area contributed by atoms with Gasteiger partial charge in [-0.15, -0.1) is 0 Å². The molecule has 0 amide bonds. The van der Waals surface area contributed by atoms with Gasteiger partial charge in [-0.3, -0.25) is 0 Å². The number of rotatable bonds is 10. The molecule has 3 nitrogen and oxygen atoms in total. The summed E-state index contributed by atoms with van der Waals surface area (Å²) < 4.78 is 82.4. The topological polar surface area (TPSA) is 27.7 Å². The minimum atomic E-state index is -2.74. The molecular weight excluding hydrogens is 351 g/mol. The zero-order valence-electron chi connectivity index (χ0n) is 13.9. The normalized spacial score (nSPS) is 12.0. The van der Waals surface area contributed by atoms with Crippen LogP contribution < -0.4 is 0 Å². The lowest BCUT2D eigenvalue weighted by Crippen LogP contribution is -2.43. The van der Waals surface area contributed by atoms with Crippen LogP contribution in [0.15, 0.2) is 0 Å². The summed E-state index contributed by atoms with van der Waals surface area (Å²) >= 11 is 0. The molecular formula is C15H21F5O3Si. The van der Waals surface area contributed by atoms with Crippen LogP contribution in [0.25, 0.3) is 0 Å². The van der Waals surface area contributed by atoms with Gasteiger partial charge in [0.05, 0.1) is 0 Å². The Labute approximate surface area is 139 Å². The van der Waals surface area contributed by atoms with Crippen molar-refractivity contribution in [2.24, 2.45) is 0 Å². The van der Waals surface area contributed by atoms with Crippen LogP contribution in [0, 0.1) is 29.1 Å². The second-order valence-corrected chi connectivity index (χ2v) is 8.10. The summed E-state index contributed by atoms with van der Waals surface area (Å²) in [4.78, 5) is 0. The monoisotopic (exact) mass is 372 g/mol. The Bertz CT molecular complexity index is 523. The van der Waals surface area contributed by atoms with Gasteiger partial charge in [-0.2, -0.15) is 0 Å². The summed E-state index contributed by atoms with van der Waals surface area (Å²) in [5.74, 6) is -9.49. The third-order valence-electron chi connectivity index (χ3n) is 3.70. The van der Waals surface area contributed by atoms with Crippen molar-refractivity contribution in [1.82, 2.24) is 0 Å². The van der Waals surface area contributed by atoms with E-state index < -0.39 is 43.5 Å². The van der Waals surface area contributed by atoms with Crippen molar-refractivity contribution in [3.63, 3.8) is 0 Å². The maximum atomic E-state index is 13.5. The first-order valence-corrected chi connectivity index (χ1v) is 9.51. The third-order valence-corrected chi connectivity index (χ3v) is 6.64. The molecule has 0 spiro atoms. The molecule has 1 aromatic rings. The van der Waals surface area contributed by atoms with Gasteiger partial charge in [-0.1, -0.05) is 6.42 Å². The van der Waals surface area contributed by atoms with Crippen LogP contribution in [-0.2, 0) is 19.7 Å². The second-order valence-electron chi connectivity index (χ2n) is 5.13. The van der Waals surface area contributed by atoms with E-state index in [9.17, 15) is 22.0 Å². The minimum absolute atomic E-state index is 0.241. The Morgan fingerprint density at radius 1 is 0.750 bits per heavy atom. The Morgan fingerprint density at radius 2 is 1.25 bits per heavy atom. The molecule has 138 valence electrons. The molecule has 1 rings (SSSR count). The molecule has 0 bridgehead atoms. The zero-order valence-corrected chi connectivity index (χ0v) is 14.9. The van der Waals surface area contributed by atoms with Gasteiger partial charge in [-0.25, -0.2) is 22.0 Å². The van der Waals surface area contributed by atoms with E-state index in [1.165, 1.54) is 14.2 Å². The standard InChI is InChI=1S/C15H21F5O3Si/c1-4-23-24(21-2,22-3)9-7-5-6-8-10-11(16)13(18)15(20)14(19)12(10)17/h4-9H2,1-3H3. The molecule has 0 aliphatic heterocycles. The Kier molecular flexibility index (Phi) is 8.27. The smallest absolute Gasteiger partial charge is 0.377 e. The quantitative estimate of drug-likeness (QED) is 0.201. The maximum Gasteiger partial charge on any atom is 0.500 e. The van der Waals surface area contributed by atoms with Crippen molar-refractivity contribution in [2.75, 3.05) is 20.8 Å². The van der Waals surface area contributed by atoms with Crippen molar-refractivity contribution in [2.45, 2.75) is 38.7 Å². The molecule has 0 radical (unpaired) electrons. The number of hydrogen-bond acceptors (Lipinski definition) is 3. The first-order chi connectivity index (χ1) is 11.3. The van der Waals surface area contributed by atoms with Gasteiger partial charge in [0.15, 0.2) is 23.3 Å². The van der Waals surface area contributed by atoms with Crippen molar-refractivity contribution >= 4 is 8.80 Å². The third kappa shape index (κ3) is 4.75. The lowest BCUT2D eigenvalue weighted by atomic mass is 10.1. The Morgan fingerprint density at radius 3 is 1.71 bits per heavy atom. The average Bonchev–Trinajstić information content (AvgIpc) is 2.59. The average molecular weight is 372 g/mol. The van der Waals surface area contributed by atoms with Gasteiger partial charge >= 0.3 is 8.80 Å². The molecule has 0 N–H and O–H groups in total. The summed E-state index contributed by atoms with van der Waals surface area (Å²) in [5.41, 5.74) is -0.779. The lowest BCUT2D eigenvalue weighted by Gasteiger charge is -2.25. The van der Waals surface area contributed by atoms with E-state index in [1.807, 2.05) is 6.92 Å². The predicted molar refractivity (Wildman–Crippen MR) is 80.0 cm³/mol. The minimum Gasteiger partial charge on any atom is -0.377 e. The first kappa shape index (κ1) is 21.0. The lowest BCUT2D eigenvalue weighted by molar-refractivity contribution is 0.103. The van der Waals surface area contributed by atoms with Gasteiger partial charge in [0, 0.05) is 32.4 Å². The van der Waals surface area contributed by atoms with Crippen LogP contribution >= 0.6 is 0 Å². The van der Waals surface area contributed by atoms with Crippen molar-refractivity contribution < 1.29 is 35.2 Å². The van der Waals surface area contributed by atoms with Crippen LogP contribution in [0.3, 0.4) is 0 Å². The molecule has 0 heterocycles. The molecule has 1 aromatic carbocycles. The van der Waals surface area contributed by atoms with Crippen molar-refractivity contribution in [3.05, 3.63) is 34.6 Å². The van der Waals surface area contributed by atoms with E-state index in [1.54, 1.807) is 0 Å². The second kappa shape index (κ2) is 9.45. The fourth-order valence-electron chi connectivity index (χ4n) is 2.39. The van der Waals surface area contributed by atoms with Crippen LogP contribution in [-0.4, -0.2) is 29.6 Å². The number of unbranched alkanes of at least 4 members (excludes halogenated alkanes) is 2. The number of benzene rings is 1. The molecule has 0 saturated heterocycles. The summed E-state index contributed by atoms with van der Waals surface area (Å²) in [6.07, 6.45) is 1.12. The van der Waals surface area contributed by atoms with E-state index in [-0.39, 0.29) is 12.8 Å². The van der Waals surface area contributed by atoms with Crippen molar-refractivity contribution in [1.29, 1.82) is 0 Å². The largest absolute Gasteiger partial charge is 0.500 e. The molecule has 0 atom stereocenters. The molecule has 24 heavy (non-hydrogen) atoms. The number of hydrogen-bond donors (Lipinski definition) is 0. The predicted octanol–water partition coefficient (Wildman–Crippen LogP) is 4.36. The summed E-state index contributed by atoms with van der Waals surface area (Å²) in [5, 5.41) is 0. The Hall–Kier alpha value is -1.03. The highest BCUT2D eigenvalue weighted by Crippen LogP contribution is 2.25. The highest BCUT2D eigenvalue weighted by molar-refractivity contribution is 6.60. The van der Waals surface area contributed by atoms with E-state index in [0.29, 0.717) is 25.5 Å². The molecule has 0 aliphatic carbocycles. The summed E-state index contributed by atoms with van der Waals surface area (Å²) in [6.45, 7) is 2.24. The molecule has 0 fully saturated rings. The van der Waals surface area contributed by atoms with Gasteiger partial charge in [-0.05, 0) is 26.2 Å². The zero-order chi connectivity index (χ0) is 18.3. The molecule has 9 heteroatoms. The summed E-state index contributed by atoms with van der Waals surface area (Å²) in [7, 11) is 0.235. The molecule has 0 saturated carbocycles. The first-order valence-electron chi connectivity index (χ1n) is 7.58. The van der Waals surface area contributed by atoms with E-state index in [0.717, 1.165) is 0 Å². The van der Waals surface area contributed by atoms with Crippen LogP contribution in [0.4, 0.5) is 22.0 Å². The number of halogens is 5. The van der Waals surface area contributed by atoms with Crippen LogP contribution in [0.5, 0.6) is 0 Å². The van der Waals surface area contributed by atoms with E-state index >= 15 is 0 Å². The van der Waals surface area contributed by atoms with Gasteiger partial charge in [0.2, 0.25) is 5.82 Å². The van der Waals surface area contributed by atoms with Crippen LogP contribution in [0.1, 0.15) is 31.7 Å². The highest BCUT2D eigenvalue weighted by Gasteiger charge is 2.37. The van der Waals surface area contributed by atoms with Crippen LogP contribution in [0.2, 0.25) is 6.04 Å². The fraction of sp³-hybridized carbons (Fsp3) is 0.600. The van der Waals surface area contributed by atoms with Crippen molar-refractivity contribution in [3.8, 4) is 0 Å². The Balaban J connectivity index is 2.60. The molecule has 0 unspecified atom stereocenters. The molecule has 0 aromatic heterocycles. The van der Waals surface area contributed by atoms with E-state index in [2.05, 4.69) is 0 Å². The fourth-order valence-corrected chi connectivity index (χ4v) is 4.47. The SMILES string of the molecule is CCO[Si](CCCCCc1c(F)c(F)c(F)c(F)c1F)(OC)OC. The maximum absolute atomic E-state index is 13.5. The van der Waals surface area contributed by atoms with Gasteiger partial charge in [0.25, 0.3) is 0 Å². The van der Waals surface area contributed by atoms with Gasteiger partial charge < -0.3 is 13.3 Å². The van der Waals surface area contributed by atoms with Gasteiger partial charge in [0.1, 0.15) is 0 Å². The molecule has 0 aliphatic rings.